The van der Waals surface area contributed by atoms with E-state index in [2.05, 4.69) is 0 Å². The fourth-order valence-corrected chi connectivity index (χ4v) is 3.61. The number of Topliss-reactive ketones (excluding diaryl/α,β-unsaturated/α-hetero) is 1. The van der Waals surface area contributed by atoms with Crippen LogP contribution in [0, 0.1) is 5.82 Å². The van der Waals surface area contributed by atoms with Gasteiger partial charge in [0.1, 0.15) is 17.3 Å². The number of methoxy groups -OCH3 is 1. The summed E-state index contributed by atoms with van der Waals surface area (Å²) in [4.78, 5) is 11.6. The Morgan fingerprint density at radius 3 is 2.17 bits per heavy atom. The largest absolute Gasteiger partial charge is 0.497 e. The van der Waals surface area contributed by atoms with Gasteiger partial charge < -0.3 is 4.74 Å². The summed E-state index contributed by atoms with van der Waals surface area (Å²) in [6, 6.07) is 11.4. The molecule has 128 valence electrons. The van der Waals surface area contributed by atoms with Crippen molar-refractivity contribution in [3.63, 3.8) is 0 Å². The van der Waals surface area contributed by atoms with E-state index in [1.54, 1.807) is 0 Å². The number of sulfonamides is 1. The van der Waals surface area contributed by atoms with E-state index in [-0.39, 0.29) is 23.8 Å². The van der Waals surface area contributed by atoms with Crippen molar-refractivity contribution in [2.45, 2.75) is 18.4 Å². The second-order valence-electron chi connectivity index (χ2n) is 5.28. The molecule has 0 aliphatic heterocycles. The number of carbonyl (C=O) groups is 1. The summed E-state index contributed by atoms with van der Waals surface area (Å²) in [5.41, 5.74) is 0.592. The minimum absolute atomic E-state index is 0.0196. The van der Waals surface area contributed by atoms with Crippen LogP contribution in [0.5, 0.6) is 5.75 Å². The van der Waals surface area contributed by atoms with E-state index < -0.39 is 15.8 Å². The van der Waals surface area contributed by atoms with Gasteiger partial charge in [0.15, 0.2) is 0 Å². The van der Waals surface area contributed by atoms with Crippen LogP contribution < -0.4 is 4.74 Å². The number of benzene rings is 2. The lowest BCUT2D eigenvalue weighted by Gasteiger charge is -2.21. The summed E-state index contributed by atoms with van der Waals surface area (Å²) < 4.78 is 44.7. The predicted molar refractivity (Wildman–Crippen MR) is 87.7 cm³/mol. The van der Waals surface area contributed by atoms with Gasteiger partial charge in [-0.05, 0) is 48.9 Å². The lowest BCUT2D eigenvalue weighted by molar-refractivity contribution is -0.117. The van der Waals surface area contributed by atoms with Crippen molar-refractivity contribution < 1.29 is 22.3 Å². The summed E-state index contributed by atoms with van der Waals surface area (Å²) in [6.45, 7) is 1.04. The Labute approximate surface area is 140 Å². The fraction of sp³-hybridized carbons (Fsp3) is 0.235. The summed E-state index contributed by atoms with van der Waals surface area (Å²) in [7, 11) is -2.38. The maximum atomic E-state index is 13.0. The first-order chi connectivity index (χ1) is 11.3. The van der Waals surface area contributed by atoms with E-state index in [1.165, 1.54) is 62.6 Å². The number of carbonyl (C=O) groups excluding carboxylic acids is 1. The molecule has 0 aromatic heterocycles. The highest BCUT2D eigenvalue weighted by Crippen LogP contribution is 2.21. The molecule has 2 aromatic rings. The molecule has 0 fully saturated rings. The predicted octanol–water partition coefficient (Wildman–Crippen LogP) is 2.61. The van der Waals surface area contributed by atoms with Crippen LogP contribution in [0.2, 0.25) is 0 Å². The second-order valence-corrected chi connectivity index (χ2v) is 7.22. The quantitative estimate of drug-likeness (QED) is 0.769. The molecule has 5 nitrogen and oxygen atoms in total. The third kappa shape index (κ3) is 4.39. The molecule has 2 rings (SSSR count). The average Bonchev–Trinajstić information content (AvgIpc) is 2.56. The molecule has 0 aliphatic carbocycles. The SMILES string of the molecule is COc1ccc(S(=O)(=O)N(CC(C)=O)Cc2ccc(F)cc2)cc1. The standard InChI is InChI=1S/C17H18FNO4S/c1-13(20)11-19(12-14-3-5-15(18)6-4-14)24(21,22)17-9-7-16(23-2)8-10-17/h3-10H,11-12H2,1-2H3. The second kappa shape index (κ2) is 7.55. The molecule has 0 saturated heterocycles. The molecule has 7 heteroatoms. The zero-order valence-electron chi connectivity index (χ0n) is 13.4. The average molecular weight is 351 g/mol. The van der Waals surface area contributed by atoms with Gasteiger partial charge in [-0.1, -0.05) is 12.1 Å². The first kappa shape index (κ1) is 18.1. The van der Waals surface area contributed by atoms with Crippen LogP contribution in [0.15, 0.2) is 53.4 Å². The van der Waals surface area contributed by atoms with E-state index in [0.29, 0.717) is 11.3 Å². The number of nitrogens with zero attached hydrogens (tertiary/aromatic N) is 1. The Balaban J connectivity index is 2.33. The zero-order valence-corrected chi connectivity index (χ0v) is 14.2. The summed E-state index contributed by atoms with van der Waals surface area (Å²) in [6.07, 6.45) is 0. The smallest absolute Gasteiger partial charge is 0.243 e. The third-order valence-electron chi connectivity index (χ3n) is 3.37. The number of halogens is 1. The van der Waals surface area contributed by atoms with E-state index >= 15 is 0 Å². The molecule has 0 heterocycles. The Morgan fingerprint density at radius 2 is 1.67 bits per heavy atom. The third-order valence-corrected chi connectivity index (χ3v) is 5.17. The fourth-order valence-electron chi connectivity index (χ4n) is 2.16. The molecule has 0 bridgehead atoms. The van der Waals surface area contributed by atoms with E-state index in [4.69, 9.17) is 4.74 Å². The maximum Gasteiger partial charge on any atom is 0.243 e. The van der Waals surface area contributed by atoms with Crippen LogP contribution in [0.4, 0.5) is 4.39 Å². The Morgan fingerprint density at radius 1 is 1.08 bits per heavy atom. The molecule has 0 aliphatic rings. The first-order valence-electron chi connectivity index (χ1n) is 7.21. The Bertz CT molecular complexity index is 801. The minimum Gasteiger partial charge on any atom is -0.497 e. The molecular weight excluding hydrogens is 333 g/mol. The highest BCUT2D eigenvalue weighted by Gasteiger charge is 2.25. The number of ketones is 1. The molecular formula is C17H18FNO4S. The van der Waals surface area contributed by atoms with Crippen LogP contribution in [0.3, 0.4) is 0 Å². The van der Waals surface area contributed by atoms with Gasteiger partial charge in [-0.15, -0.1) is 0 Å². The molecule has 0 saturated carbocycles. The van der Waals surface area contributed by atoms with Crippen molar-refractivity contribution in [2.24, 2.45) is 0 Å². The molecule has 0 radical (unpaired) electrons. The van der Waals surface area contributed by atoms with E-state index in [0.717, 1.165) is 4.31 Å². The highest BCUT2D eigenvalue weighted by atomic mass is 32.2. The van der Waals surface area contributed by atoms with Gasteiger partial charge in [0.25, 0.3) is 0 Å². The van der Waals surface area contributed by atoms with Gasteiger partial charge in [-0.25, -0.2) is 12.8 Å². The van der Waals surface area contributed by atoms with Crippen molar-refractivity contribution in [3.05, 3.63) is 59.9 Å². The topological polar surface area (TPSA) is 63.7 Å². The molecule has 0 N–H and O–H groups in total. The maximum absolute atomic E-state index is 13.0. The molecule has 0 unspecified atom stereocenters. The van der Waals surface area contributed by atoms with Crippen molar-refractivity contribution in [1.29, 1.82) is 0 Å². The summed E-state index contributed by atoms with van der Waals surface area (Å²) in [5, 5.41) is 0. The van der Waals surface area contributed by atoms with Gasteiger partial charge in [0.2, 0.25) is 10.0 Å². The van der Waals surface area contributed by atoms with Gasteiger partial charge >= 0.3 is 0 Å². The highest BCUT2D eigenvalue weighted by molar-refractivity contribution is 7.89. The zero-order chi connectivity index (χ0) is 17.7. The Kier molecular flexibility index (Phi) is 5.69. The van der Waals surface area contributed by atoms with Crippen LogP contribution in [0.1, 0.15) is 12.5 Å². The van der Waals surface area contributed by atoms with Crippen LogP contribution in [-0.2, 0) is 21.4 Å². The van der Waals surface area contributed by atoms with E-state index in [9.17, 15) is 17.6 Å². The van der Waals surface area contributed by atoms with Crippen molar-refractivity contribution >= 4 is 15.8 Å². The lowest BCUT2D eigenvalue weighted by Crippen LogP contribution is -2.34. The summed E-state index contributed by atoms with van der Waals surface area (Å²) in [5.74, 6) is -0.158. The van der Waals surface area contributed by atoms with Crippen molar-refractivity contribution in [1.82, 2.24) is 4.31 Å². The van der Waals surface area contributed by atoms with Crippen molar-refractivity contribution in [2.75, 3.05) is 13.7 Å². The number of hydrogen-bond acceptors (Lipinski definition) is 4. The molecule has 0 amide bonds. The normalized spacial score (nSPS) is 11.5. The van der Waals surface area contributed by atoms with Gasteiger partial charge in [-0.2, -0.15) is 4.31 Å². The number of rotatable bonds is 7. The monoisotopic (exact) mass is 351 g/mol. The molecule has 2 aromatic carbocycles. The summed E-state index contributed by atoms with van der Waals surface area (Å²) >= 11 is 0. The Hall–Kier alpha value is -2.25. The van der Waals surface area contributed by atoms with Crippen LogP contribution in [0.25, 0.3) is 0 Å². The molecule has 0 atom stereocenters. The van der Waals surface area contributed by atoms with E-state index in [1.807, 2.05) is 0 Å². The minimum atomic E-state index is -3.87. The van der Waals surface area contributed by atoms with Gasteiger partial charge in [-0.3, -0.25) is 4.79 Å². The van der Waals surface area contributed by atoms with Gasteiger partial charge in [0.05, 0.1) is 18.6 Å². The molecule has 0 spiro atoms. The van der Waals surface area contributed by atoms with Gasteiger partial charge in [0, 0.05) is 6.54 Å². The van der Waals surface area contributed by atoms with Crippen molar-refractivity contribution in [3.8, 4) is 5.75 Å². The molecule has 24 heavy (non-hydrogen) atoms. The first-order valence-corrected chi connectivity index (χ1v) is 8.65. The van der Waals surface area contributed by atoms with Crippen LogP contribution in [-0.4, -0.2) is 32.2 Å². The van der Waals surface area contributed by atoms with Crippen LogP contribution >= 0.6 is 0 Å². The number of ether oxygens (including phenoxy) is 1. The number of hydrogen-bond donors (Lipinski definition) is 0. The lowest BCUT2D eigenvalue weighted by atomic mass is 10.2.